The van der Waals surface area contributed by atoms with E-state index in [1.54, 1.807) is 54.7 Å². The average molecular weight is 567 g/mol. The van der Waals surface area contributed by atoms with Gasteiger partial charge in [-0.25, -0.2) is 4.79 Å². The summed E-state index contributed by atoms with van der Waals surface area (Å²) in [6.07, 6.45) is 1.65. The maximum Gasteiger partial charge on any atom is 0.335 e. The number of hydrogen-bond donors (Lipinski definition) is 4. The lowest BCUT2D eigenvalue weighted by molar-refractivity contribution is -0.119. The molecule has 0 radical (unpaired) electrons. The second kappa shape index (κ2) is 13.0. The second-order valence-electron chi connectivity index (χ2n) is 9.49. The van der Waals surface area contributed by atoms with Crippen LogP contribution >= 0.6 is 11.6 Å². The van der Waals surface area contributed by atoms with Crippen LogP contribution in [0.4, 0.5) is 5.69 Å². The second-order valence-corrected chi connectivity index (χ2v) is 9.90. The highest BCUT2D eigenvalue weighted by atomic mass is 35.5. The molecule has 0 aliphatic carbocycles. The van der Waals surface area contributed by atoms with Gasteiger partial charge in [-0.2, -0.15) is 5.10 Å². The summed E-state index contributed by atoms with van der Waals surface area (Å²) in [5.41, 5.74) is 2.55. The van der Waals surface area contributed by atoms with E-state index in [-0.39, 0.29) is 22.8 Å². The number of carbonyl (C=O) groups excluding carboxylic acids is 2. The Kier molecular flexibility index (Phi) is 9.73. The van der Waals surface area contributed by atoms with Crippen molar-refractivity contribution in [3.8, 4) is 11.5 Å². The SMILES string of the molecule is COc1ccc(C(=O)Nc2ccc(C(C)(C)CNC(C)=O)c(Cl)c2)cc1OC.O=C(O)c1ccc2cn[nH]c2c1. The number of hydrogen-bond acceptors (Lipinski definition) is 6. The average Bonchev–Trinajstić information content (AvgIpc) is 3.40. The van der Waals surface area contributed by atoms with Crippen LogP contribution in [0.25, 0.3) is 10.9 Å². The number of anilines is 1. The minimum absolute atomic E-state index is 0.0944. The number of fused-ring (bicyclic) bond motifs is 1. The fourth-order valence-corrected chi connectivity index (χ4v) is 4.27. The molecule has 1 aromatic heterocycles. The summed E-state index contributed by atoms with van der Waals surface area (Å²) >= 11 is 6.45. The Morgan fingerprint density at radius 3 is 2.30 bits per heavy atom. The van der Waals surface area contributed by atoms with Crippen LogP contribution in [0.1, 0.15) is 47.1 Å². The monoisotopic (exact) mass is 566 g/mol. The number of nitrogens with zero attached hydrogens (tertiary/aromatic N) is 1. The van der Waals surface area contributed by atoms with Crippen LogP contribution in [0.3, 0.4) is 0 Å². The zero-order valence-corrected chi connectivity index (χ0v) is 23.6. The zero-order valence-electron chi connectivity index (χ0n) is 22.8. The number of ether oxygens (including phenoxy) is 2. The first-order chi connectivity index (χ1) is 18.9. The number of methoxy groups -OCH3 is 2. The lowest BCUT2D eigenvalue weighted by Gasteiger charge is -2.27. The molecule has 10 nitrogen and oxygen atoms in total. The predicted octanol–water partition coefficient (Wildman–Crippen LogP) is 5.28. The van der Waals surface area contributed by atoms with Crippen molar-refractivity contribution in [3.05, 3.63) is 82.5 Å². The van der Waals surface area contributed by atoms with Gasteiger partial charge >= 0.3 is 5.97 Å². The quantitative estimate of drug-likeness (QED) is 0.227. The van der Waals surface area contributed by atoms with Crippen LogP contribution in [0, 0.1) is 0 Å². The van der Waals surface area contributed by atoms with Gasteiger partial charge in [0.05, 0.1) is 31.5 Å². The van der Waals surface area contributed by atoms with Gasteiger partial charge in [0.25, 0.3) is 5.91 Å². The first kappa shape index (κ1) is 30.0. The van der Waals surface area contributed by atoms with Crippen molar-refractivity contribution in [2.75, 3.05) is 26.1 Å². The molecule has 0 fully saturated rings. The largest absolute Gasteiger partial charge is 0.493 e. The molecule has 0 atom stereocenters. The van der Waals surface area contributed by atoms with Gasteiger partial charge < -0.3 is 25.2 Å². The topological polar surface area (TPSA) is 143 Å². The number of aromatic nitrogens is 2. The van der Waals surface area contributed by atoms with E-state index < -0.39 is 5.97 Å². The van der Waals surface area contributed by atoms with E-state index >= 15 is 0 Å². The third kappa shape index (κ3) is 7.51. The molecule has 0 bridgehead atoms. The van der Waals surface area contributed by atoms with Crippen molar-refractivity contribution in [3.63, 3.8) is 0 Å². The normalized spacial score (nSPS) is 10.8. The van der Waals surface area contributed by atoms with Gasteiger partial charge in [0.15, 0.2) is 11.5 Å². The number of halogens is 1. The van der Waals surface area contributed by atoms with Gasteiger partial charge in [-0.15, -0.1) is 0 Å². The maximum atomic E-state index is 12.6. The number of amides is 2. The third-order valence-corrected chi connectivity index (χ3v) is 6.38. The Morgan fingerprint density at radius 1 is 0.975 bits per heavy atom. The summed E-state index contributed by atoms with van der Waals surface area (Å²) in [4.78, 5) is 34.3. The number of carbonyl (C=O) groups is 3. The Bertz CT molecular complexity index is 1530. The van der Waals surface area contributed by atoms with Crippen molar-refractivity contribution in [1.82, 2.24) is 15.5 Å². The third-order valence-electron chi connectivity index (χ3n) is 6.07. The van der Waals surface area contributed by atoms with Gasteiger partial charge in [-0.1, -0.05) is 37.6 Å². The van der Waals surface area contributed by atoms with E-state index in [1.165, 1.54) is 21.1 Å². The number of H-pyrrole nitrogens is 1. The van der Waals surface area contributed by atoms with E-state index in [1.807, 2.05) is 19.9 Å². The molecule has 0 aliphatic heterocycles. The molecule has 0 saturated heterocycles. The molecule has 2 amide bonds. The van der Waals surface area contributed by atoms with Crippen molar-refractivity contribution in [1.29, 1.82) is 0 Å². The summed E-state index contributed by atoms with van der Waals surface area (Å²) in [5.74, 6) is -0.284. The van der Waals surface area contributed by atoms with Gasteiger partial charge in [0, 0.05) is 40.5 Å². The predicted molar refractivity (Wildman–Crippen MR) is 154 cm³/mol. The molecule has 3 aromatic carbocycles. The Morgan fingerprint density at radius 2 is 1.68 bits per heavy atom. The zero-order chi connectivity index (χ0) is 29.4. The molecule has 40 heavy (non-hydrogen) atoms. The molecule has 4 aromatic rings. The standard InChI is InChI=1S/C21H25ClN2O4.C8H6N2O2/c1-13(25)23-12-21(2,3)16-8-7-15(11-17(16)22)24-20(26)14-6-9-18(27-4)19(10-14)28-5;11-8(12)5-1-2-6-4-9-10-7(6)3-5/h6-11H,12H2,1-5H3,(H,23,25)(H,24,26);1-4H,(H,9,10)(H,11,12). The molecule has 11 heteroatoms. The van der Waals surface area contributed by atoms with E-state index in [9.17, 15) is 14.4 Å². The van der Waals surface area contributed by atoms with Crippen molar-refractivity contribution in [2.24, 2.45) is 0 Å². The van der Waals surface area contributed by atoms with Gasteiger partial charge in [-0.05, 0) is 48.0 Å². The number of nitrogens with one attached hydrogen (secondary N) is 3. The highest BCUT2D eigenvalue weighted by Crippen LogP contribution is 2.32. The Balaban J connectivity index is 0.000000302. The summed E-state index contributed by atoms with van der Waals surface area (Å²) < 4.78 is 10.4. The summed E-state index contributed by atoms with van der Waals surface area (Å²) in [6.45, 7) is 5.92. The fraction of sp³-hybridized carbons (Fsp3) is 0.241. The maximum absolute atomic E-state index is 12.6. The van der Waals surface area contributed by atoms with E-state index in [2.05, 4.69) is 20.8 Å². The number of benzene rings is 3. The van der Waals surface area contributed by atoms with Crippen LogP contribution in [-0.2, 0) is 10.2 Å². The number of aromatic carboxylic acids is 1. The van der Waals surface area contributed by atoms with Gasteiger partial charge in [0.1, 0.15) is 0 Å². The molecule has 0 saturated carbocycles. The van der Waals surface area contributed by atoms with Crippen molar-refractivity contribution < 1.29 is 29.0 Å². The van der Waals surface area contributed by atoms with Gasteiger partial charge in [-0.3, -0.25) is 14.7 Å². The molecule has 0 aliphatic rings. The minimum atomic E-state index is -0.925. The Hall–Kier alpha value is -4.57. The molecular weight excluding hydrogens is 536 g/mol. The first-order valence-corrected chi connectivity index (χ1v) is 12.6. The lowest BCUT2D eigenvalue weighted by atomic mass is 9.84. The molecule has 1 heterocycles. The highest BCUT2D eigenvalue weighted by Gasteiger charge is 2.24. The molecule has 4 rings (SSSR count). The van der Waals surface area contributed by atoms with Crippen molar-refractivity contribution in [2.45, 2.75) is 26.2 Å². The number of rotatable bonds is 8. The summed E-state index contributed by atoms with van der Waals surface area (Å²) in [5, 5.41) is 22.2. The molecule has 0 spiro atoms. The fourth-order valence-electron chi connectivity index (χ4n) is 3.83. The van der Waals surface area contributed by atoms with Crippen LogP contribution in [0.5, 0.6) is 11.5 Å². The summed E-state index contributed by atoms with van der Waals surface area (Å²) in [6, 6.07) is 15.1. The minimum Gasteiger partial charge on any atom is -0.493 e. The first-order valence-electron chi connectivity index (χ1n) is 12.2. The van der Waals surface area contributed by atoms with Crippen LogP contribution in [0.2, 0.25) is 5.02 Å². The Labute approximate surface area is 236 Å². The molecule has 210 valence electrons. The van der Waals surface area contributed by atoms with Crippen LogP contribution < -0.4 is 20.1 Å². The van der Waals surface area contributed by atoms with Gasteiger partial charge in [0.2, 0.25) is 5.91 Å². The lowest BCUT2D eigenvalue weighted by Crippen LogP contribution is -2.35. The number of carboxylic acid groups (broad SMARTS) is 1. The molecular formula is C29H31ClN4O6. The summed E-state index contributed by atoms with van der Waals surface area (Å²) in [7, 11) is 3.05. The van der Waals surface area contributed by atoms with Crippen molar-refractivity contribution >= 4 is 46.0 Å². The highest BCUT2D eigenvalue weighted by molar-refractivity contribution is 6.32. The number of aromatic amines is 1. The van der Waals surface area contributed by atoms with Crippen LogP contribution in [0.15, 0.2) is 60.8 Å². The molecule has 0 unspecified atom stereocenters. The molecule has 4 N–H and O–H groups in total. The van der Waals surface area contributed by atoms with Crippen LogP contribution in [-0.4, -0.2) is 53.9 Å². The number of carboxylic acids is 1. The smallest absolute Gasteiger partial charge is 0.335 e. The van der Waals surface area contributed by atoms with E-state index in [4.69, 9.17) is 26.2 Å². The van der Waals surface area contributed by atoms with E-state index in [0.29, 0.717) is 34.3 Å². The van der Waals surface area contributed by atoms with E-state index in [0.717, 1.165) is 16.5 Å².